The highest BCUT2D eigenvalue weighted by Crippen LogP contribution is 2.11. The Hall–Kier alpha value is -1.14. The van der Waals surface area contributed by atoms with Crippen LogP contribution in [0.1, 0.15) is 26.2 Å². The summed E-state index contributed by atoms with van der Waals surface area (Å²) in [6.07, 6.45) is 2.50. The minimum atomic E-state index is -0.912. The maximum atomic E-state index is 11.4. The molecule has 0 bridgehead atoms. The van der Waals surface area contributed by atoms with E-state index in [1.165, 1.54) is 0 Å². The van der Waals surface area contributed by atoms with Crippen molar-refractivity contribution < 1.29 is 24.2 Å². The molecule has 1 amide bonds. The van der Waals surface area contributed by atoms with Crippen molar-refractivity contribution in [2.75, 3.05) is 26.4 Å². The summed E-state index contributed by atoms with van der Waals surface area (Å²) in [6, 6.07) is 0. The Morgan fingerprint density at radius 1 is 1.56 bits per heavy atom. The molecule has 18 heavy (non-hydrogen) atoms. The Bertz CT molecular complexity index is 276. The molecule has 1 saturated heterocycles. The third-order valence-electron chi connectivity index (χ3n) is 2.83. The van der Waals surface area contributed by atoms with Crippen LogP contribution in [0, 0.1) is 5.92 Å². The Labute approximate surface area is 107 Å². The Morgan fingerprint density at radius 2 is 2.33 bits per heavy atom. The zero-order chi connectivity index (χ0) is 13.4. The summed E-state index contributed by atoms with van der Waals surface area (Å²) in [6.45, 7) is 3.37. The van der Waals surface area contributed by atoms with Gasteiger partial charge in [0.05, 0.1) is 25.2 Å². The van der Waals surface area contributed by atoms with Gasteiger partial charge in [0.2, 0.25) is 5.91 Å². The van der Waals surface area contributed by atoms with E-state index in [0.29, 0.717) is 13.2 Å². The van der Waals surface area contributed by atoms with Crippen LogP contribution in [0.25, 0.3) is 0 Å². The Kier molecular flexibility index (Phi) is 6.67. The molecular formula is C12H21NO5. The zero-order valence-corrected chi connectivity index (χ0v) is 10.7. The molecule has 0 aliphatic carbocycles. The van der Waals surface area contributed by atoms with Gasteiger partial charge in [0.1, 0.15) is 0 Å². The summed E-state index contributed by atoms with van der Waals surface area (Å²) in [5.74, 6) is -1.66. The van der Waals surface area contributed by atoms with Crippen molar-refractivity contribution in [3.63, 3.8) is 0 Å². The molecule has 0 spiro atoms. The molecule has 1 heterocycles. The van der Waals surface area contributed by atoms with Gasteiger partial charge in [-0.15, -0.1) is 0 Å². The number of nitrogens with one attached hydrogen (secondary N) is 1. The quantitative estimate of drug-likeness (QED) is 0.617. The summed E-state index contributed by atoms with van der Waals surface area (Å²) >= 11 is 0. The fourth-order valence-corrected chi connectivity index (χ4v) is 1.60. The van der Waals surface area contributed by atoms with Crippen molar-refractivity contribution in [1.29, 1.82) is 0 Å². The number of carbonyl (C=O) groups is 2. The first-order valence-electron chi connectivity index (χ1n) is 6.28. The fourth-order valence-electron chi connectivity index (χ4n) is 1.60. The van der Waals surface area contributed by atoms with Crippen LogP contribution in [-0.2, 0) is 19.1 Å². The molecule has 0 aromatic carbocycles. The van der Waals surface area contributed by atoms with Crippen molar-refractivity contribution >= 4 is 11.9 Å². The first-order chi connectivity index (χ1) is 8.59. The van der Waals surface area contributed by atoms with Crippen molar-refractivity contribution in [2.24, 2.45) is 5.92 Å². The van der Waals surface area contributed by atoms with Crippen LogP contribution in [0.2, 0.25) is 0 Å². The molecule has 2 N–H and O–H groups in total. The molecule has 6 nitrogen and oxygen atoms in total. The lowest BCUT2D eigenvalue weighted by Gasteiger charge is -2.11. The summed E-state index contributed by atoms with van der Waals surface area (Å²) in [4.78, 5) is 21.9. The second kappa shape index (κ2) is 8.05. The predicted octanol–water partition coefficient (Wildman–Crippen LogP) is 0.409. The van der Waals surface area contributed by atoms with E-state index in [9.17, 15) is 9.59 Å². The van der Waals surface area contributed by atoms with Crippen LogP contribution in [0.4, 0.5) is 0 Å². The van der Waals surface area contributed by atoms with Gasteiger partial charge in [-0.25, -0.2) is 0 Å². The van der Waals surface area contributed by atoms with Crippen LogP contribution in [0.15, 0.2) is 0 Å². The number of ether oxygens (including phenoxy) is 2. The van der Waals surface area contributed by atoms with Crippen LogP contribution < -0.4 is 5.32 Å². The number of carboxylic acid groups (broad SMARTS) is 1. The molecule has 0 aromatic heterocycles. The molecule has 1 fully saturated rings. The Morgan fingerprint density at radius 3 is 2.94 bits per heavy atom. The number of hydrogen-bond donors (Lipinski definition) is 2. The lowest BCUT2D eigenvalue weighted by atomic mass is 10.2. The lowest BCUT2D eigenvalue weighted by Crippen LogP contribution is -2.32. The average molecular weight is 259 g/mol. The van der Waals surface area contributed by atoms with Gasteiger partial charge in [-0.2, -0.15) is 0 Å². The maximum absolute atomic E-state index is 11.4. The number of hydrogen-bond acceptors (Lipinski definition) is 4. The molecule has 0 radical (unpaired) electrons. The summed E-state index contributed by atoms with van der Waals surface area (Å²) in [5.41, 5.74) is 0. The molecule has 1 aliphatic rings. The first-order valence-corrected chi connectivity index (χ1v) is 6.28. The first kappa shape index (κ1) is 14.9. The molecule has 2 atom stereocenters. The average Bonchev–Trinajstić information content (AvgIpc) is 2.84. The highest BCUT2D eigenvalue weighted by molar-refractivity contribution is 5.77. The molecule has 6 heteroatoms. The molecule has 1 aliphatic heterocycles. The van der Waals surface area contributed by atoms with E-state index < -0.39 is 11.9 Å². The van der Waals surface area contributed by atoms with E-state index in [-0.39, 0.29) is 25.0 Å². The normalized spacial score (nSPS) is 20.6. The van der Waals surface area contributed by atoms with Gasteiger partial charge in [0.25, 0.3) is 0 Å². The number of rotatable bonds is 8. The molecule has 0 saturated carbocycles. The van der Waals surface area contributed by atoms with Crippen LogP contribution in [0.3, 0.4) is 0 Å². The predicted molar refractivity (Wildman–Crippen MR) is 64.2 cm³/mol. The summed E-state index contributed by atoms with van der Waals surface area (Å²) in [5, 5.41) is 11.2. The second-order valence-corrected chi connectivity index (χ2v) is 4.50. The highest BCUT2D eigenvalue weighted by Gasteiger charge is 2.15. The Balaban J connectivity index is 1.97. The number of aliphatic carboxylic acids is 1. The molecule has 104 valence electrons. The molecular weight excluding hydrogens is 238 g/mol. The second-order valence-electron chi connectivity index (χ2n) is 4.50. The third kappa shape index (κ3) is 5.97. The van der Waals surface area contributed by atoms with Crippen LogP contribution in [0.5, 0.6) is 0 Å². The highest BCUT2D eigenvalue weighted by atomic mass is 16.5. The number of carboxylic acids is 1. The van der Waals surface area contributed by atoms with Gasteiger partial charge >= 0.3 is 5.97 Å². The van der Waals surface area contributed by atoms with Gasteiger partial charge in [-0.1, -0.05) is 6.92 Å². The van der Waals surface area contributed by atoms with E-state index in [4.69, 9.17) is 14.6 Å². The minimum absolute atomic E-state index is 0.153. The van der Waals surface area contributed by atoms with Gasteiger partial charge in [0, 0.05) is 19.6 Å². The monoisotopic (exact) mass is 259 g/mol. The van der Waals surface area contributed by atoms with Gasteiger partial charge in [0.15, 0.2) is 0 Å². The van der Waals surface area contributed by atoms with Crippen molar-refractivity contribution in [3.8, 4) is 0 Å². The van der Waals surface area contributed by atoms with Crippen LogP contribution in [-0.4, -0.2) is 49.5 Å². The fraction of sp³-hybridized carbons (Fsp3) is 0.833. The molecule has 2 unspecified atom stereocenters. The van der Waals surface area contributed by atoms with Crippen molar-refractivity contribution in [1.82, 2.24) is 5.32 Å². The van der Waals surface area contributed by atoms with E-state index in [1.54, 1.807) is 6.92 Å². The van der Waals surface area contributed by atoms with E-state index in [0.717, 1.165) is 19.4 Å². The molecule has 0 aromatic rings. The minimum Gasteiger partial charge on any atom is -0.481 e. The van der Waals surface area contributed by atoms with E-state index >= 15 is 0 Å². The van der Waals surface area contributed by atoms with Gasteiger partial charge in [-0.3, -0.25) is 9.59 Å². The maximum Gasteiger partial charge on any atom is 0.308 e. The number of carbonyl (C=O) groups excluding carboxylic acids is 1. The SMILES string of the molecule is CC(CNC(=O)CCOCC1CCCO1)C(=O)O. The van der Waals surface area contributed by atoms with Crippen molar-refractivity contribution in [3.05, 3.63) is 0 Å². The zero-order valence-electron chi connectivity index (χ0n) is 10.7. The molecule has 1 rings (SSSR count). The number of amides is 1. The van der Waals surface area contributed by atoms with E-state index in [2.05, 4.69) is 5.32 Å². The standard InChI is InChI=1S/C12H21NO5/c1-9(12(15)16)7-13-11(14)4-6-17-8-10-3-2-5-18-10/h9-10H,2-8H2,1H3,(H,13,14)(H,15,16). The lowest BCUT2D eigenvalue weighted by molar-refractivity contribution is -0.141. The van der Waals surface area contributed by atoms with Gasteiger partial charge in [-0.05, 0) is 12.8 Å². The summed E-state index contributed by atoms with van der Waals surface area (Å²) < 4.78 is 10.7. The van der Waals surface area contributed by atoms with Crippen LogP contribution >= 0.6 is 0 Å². The third-order valence-corrected chi connectivity index (χ3v) is 2.83. The smallest absolute Gasteiger partial charge is 0.308 e. The largest absolute Gasteiger partial charge is 0.481 e. The summed E-state index contributed by atoms with van der Waals surface area (Å²) in [7, 11) is 0. The van der Waals surface area contributed by atoms with E-state index in [1.807, 2.05) is 0 Å². The topological polar surface area (TPSA) is 84.9 Å². The van der Waals surface area contributed by atoms with Crippen molar-refractivity contribution in [2.45, 2.75) is 32.3 Å². The van der Waals surface area contributed by atoms with Gasteiger partial charge < -0.3 is 19.9 Å².